The van der Waals surface area contributed by atoms with Crippen LogP contribution >= 0.6 is 0 Å². The van der Waals surface area contributed by atoms with Gasteiger partial charge in [0.05, 0.1) is 46.8 Å². The maximum absolute atomic E-state index is 13.4. The molecular weight excluding hydrogens is 995 g/mol. The minimum atomic E-state index is -4.97. The maximum Gasteiger partial charge on any atom is 1.00 e. The predicted octanol–water partition coefficient (Wildman–Crippen LogP) is -0.135. The molecule has 8 rings (SSSR count). The van der Waals surface area contributed by atoms with Gasteiger partial charge in [-0.2, -0.15) is 10.2 Å². The quantitative estimate of drug-likeness (QED) is 0.0380. The number of fused-ring (bicyclic) bond motifs is 2. The largest absolute Gasteiger partial charge is 1.00 e. The first kappa shape index (κ1) is 54.4. The van der Waals surface area contributed by atoms with Crippen molar-refractivity contribution in [3.8, 4) is 34.1 Å². The number of ether oxygens (including phenoxy) is 2. The number of hydrazone groups is 2. The van der Waals surface area contributed by atoms with Crippen LogP contribution in [0.2, 0.25) is 0 Å². The second-order valence-corrected chi connectivity index (χ2v) is 17.8. The zero-order valence-corrected chi connectivity index (χ0v) is 43.8. The summed E-state index contributed by atoms with van der Waals surface area (Å²) in [7, 11) is -7.13. The summed E-state index contributed by atoms with van der Waals surface area (Å²) in [6.07, 6.45) is 1.37. The monoisotopic (exact) mass is 1030 g/mol. The number of rotatable bonds is 13. The minimum Gasteiger partial charge on any atom is -0.744 e. The number of carbonyl (C=O) groups is 4. The van der Waals surface area contributed by atoms with E-state index in [2.05, 4.69) is 31.7 Å². The third-order valence-electron chi connectivity index (χ3n) is 10.8. The van der Waals surface area contributed by atoms with Gasteiger partial charge >= 0.3 is 59.1 Å². The molecular formula is C48H34N6Na2O14S2. The summed E-state index contributed by atoms with van der Waals surface area (Å²) in [5.74, 6) is -3.26. The fraction of sp³-hybridized carbons (Fsp3) is 0.0417. The van der Waals surface area contributed by atoms with Crippen molar-refractivity contribution in [2.75, 3.05) is 35.7 Å². The predicted molar refractivity (Wildman–Crippen MR) is 256 cm³/mol. The number of nitrogens with one attached hydrogen (secondary N) is 4. The van der Waals surface area contributed by atoms with Crippen molar-refractivity contribution in [1.29, 1.82) is 0 Å². The number of amides is 2. The van der Waals surface area contributed by atoms with E-state index in [0.717, 1.165) is 12.1 Å². The van der Waals surface area contributed by atoms with Gasteiger partial charge in [0.1, 0.15) is 54.7 Å². The van der Waals surface area contributed by atoms with Crippen LogP contribution in [0, 0.1) is 0 Å². The Morgan fingerprint density at radius 2 is 0.861 bits per heavy atom. The Hall–Kier alpha value is -6.96. The molecule has 2 amide bonds. The molecule has 20 nitrogen and oxygen atoms in total. The number of allylic oxidation sites excluding steroid dienone is 2. The van der Waals surface area contributed by atoms with Crippen LogP contribution in [0.3, 0.4) is 0 Å². The molecule has 0 saturated carbocycles. The van der Waals surface area contributed by atoms with Gasteiger partial charge in [-0.3, -0.25) is 30.0 Å². The Morgan fingerprint density at radius 3 is 1.19 bits per heavy atom. The molecule has 0 unspecified atom stereocenters. The fourth-order valence-corrected chi connectivity index (χ4v) is 8.75. The third kappa shape index (κ3) is 11.5. The second kappa shape index (κ2) is 22.2. The average molecular weight is 1030 g/mol. The summed E-state index contributed by atoms with van der Waals surface area (Å²) >= 11 is 0. The molecule has 6 aromatic rings. The standard InChI is InChI=1S/C48H36N6O14S2.2Na/c1-67-41-21-25(11-17-35(41)49-47(59)27-13-15-33(37(55)19-27)51-53-45-31-9-5-3-7-29(31)43(23-39(45)57)69(61,62)63)26-12-18-36(42(22-26)68-2)50-48(60)28-14-16-34(38(56)20-28)52-54-46-32-10-6-4-8-30(32)44(24-40(46)58)70(64,65)66;;/h3-24,51-52,55-56H,1-2H3,(H,49,59)(H,50,60)(H,61,62,63)(H,64,65,66);;/q;2*+1/p-2/b53-45-,54-46+;;. The van der Waals surface area contributed by atoms with Crippen LogP contribution in [0.25, 0.3) is 20.9 Å². The fourth-order valence-electron chi connectivity index (χ4n) is 7.35. The maximum atomic E-state index is 13.4. The molecule has 354 valence electrons. The first-order valence-electron chi connectivity index (χ1n) is 20.3. The smallest absolute Gasteiger partial charge is 0.744 e. The Labute approximate surface area is 454 Å². The molecule has 6 aromatic carbocycles. The first-order valence-corrected chi connectivity index (χ1v) is 23.1. The Balaban J connectivity index is 0.00000423. The number of phenols is 2. The van der Waals surface area contributed by atoms with Crippen molar-refractivity contribution in [3.05, 3.63) is 167 Å². The topological polar surface area (TPSA) is 314 Å². The minimum absolute atomic E-state index is 0. The van der Waals surface area contributed by atoms with Crippen molar-refractivity contribution < 1.29 is 124 Å². The van der Waals surface area contributed by atoms with Gasteiger partial charge in [-0.15, -0.1) is 0 Å². The van der Waals surface area contributed by atoms with Gasteiger partial charge in [0.15, 0.2) is 0 Å². The summed E-state index contributed by atoms with van der Waals surface area (Å²) in [5.41, 5.74) is 6.72. The number of aromatic hydroxyl groups is 2. The van der Waals surface area contributed by atoms with E-state index in [1.165, 1.54) is 87.0 Å². The van der Waals surface area contributed by atoms with Crippen molar-refractivity contribution >= 4 is 87.6 Å². The van der Waals surface area contributed by atoms with Gasteiger partial charge in [0.2, 0.25) is 11.6 Å². The van der Waals surface area contributed by atoms with E-state index >= 15 is 0 Å². The van der Waals surface area contributed by atoms with Crippen LogP contribution in [-0.4, -0.2) is 85.2 Å². The van der Waals surface area contributed by atoms with Crippen molar-refractivity contribution in [2.24, 2.45) is 10.2 Å². The van der Waals surface area contributed by atoms with Gasteiger partial charge in [0.25, 0.3) is 11.8 Å². The van der Waals surface area contributed by atoms with Gasteiger partial charge in [-0.1, -0.05) is 60.7 Å². The zero-order valence-electron chi connectivity index (χ0n) is 38.2. The second-order valence-electron chi connectivity index (χ2n) is 15.1. The number of benzene rings is 6. The summed E-state index contributed by atoms with van der Waals surface area (Å²) in [4.78, 5) is 50.9. The number of anilines is 4. The molecule has 0 atom stereocenters. The van der Waals surface area contributed by atoms with Crippen LogP contribution < -0.4 is 90.1 Å². The van der Waals surface area contributed by atoms with E-state index in [9.17, 15) is 55.3 Å². The van der Waals surface area contributed by atoms with Crippen LogP contribution in [0.5, 0.6) is 23.0 Å². The van der Waals surface area contributed by atoms with E-state index < -0.39 is 64.9 Å². The van der Waals surface area contributed by atoms with Crippen LogP contribution in [0.4, 0.5) is 22.7 Å². The van der Waals surface area contributed by atoms with E-state index in [4.69, 9.17) is 9.47 Å². The van der Waals surface area contributed by atoms with Gasteiger partial charge in [-0.05, 0) is 71.8 Å². The van der Waals surface area contributed by atoms with Crippen LogP contribution in [-0.2, 0) is 29.8 Å². The first-order chi connectivity index (χ1) is 33.3. The zero-order chi connectivity index (χ0) is 50.1. The molecule has 0 heterocycles. The van der Waals surface area contributed by atoms with Gasteiger partial charge in [-0.25, -0.2) is 16.8 Å². The van der Waals surface area contributed by atoms with Crippen LogP contribution in [0.15, 0.2) is 144 Å². The normalized spacial score (nSPS) is 14.1. The molecule has 2 aliphatic rings. The summed E-state index contributed by atoms with van der Waals surface area (Å²) in [5, 5.41) is 35.1. The molecule has 0 radical (unpaired) electrons. The Kier molecular flexibility index (Phi) is 16.8. The molecule has 0 bridgehead atoms. The SMILES string of the molecule is COc1cc(-c2ccc(NC(=O)c3ccc(N/N=C4/C(=O)C=C(S(=O)(=O)[O-])c5ccccc54)c(O)c3)c(OC)c2)ccc1NC(=O)c1ccc(N/N=C2\C(=O)C=C(S(=O)(=O)[O-])c3ccccc32)c(O)c1.[Na+].[Na+]. The van der Waals surface area contributed by atoms with E-state index in [1.807, 2.05) is 0 Å². The van der Waals surface area contributed by atoms with Crippen molar-refractivity contribution in [3.63, 3.8) is 0 Å². The molecule has 0 saturated heterocycles. The number of carbonyl (C=O) groups excluding carboxylic acids is 4. The third-order valence-corrected chi connectivity index (χ3v) is 12.5. The molecule has 6 N–H and O–H groups in total. The molecule has 0 fully saturated rings. The number of ketones is 2. The number of nitrogens with zero attached hydrogens (tertiary/aromatic N) is 2. The summed E-state index contributed by atoms with van der Waals surface area (Å²) in [6, 6.07) is 29.2. The summed E-state index contributed by atoms with van der Waals surface area (Å²) < 4.78 is 81.8. The van der Waals surface area contributed by atoms with Crippen molar-refractivity contribution in [1.82, 2.24) is 0 Å². The molecule has 2 aliphatic carbocycles. The van der Waals surface area contributed by atoms with Crippen LogP contribution in [0.1, 0.15) is 43.0 Å². The number of phenolic OH excluding ortho intramolecular Hbond substituents is 2. The average Bonchev–Trinajstić information content (AvgIpc) is 3.33. The molecule has 72 heavy (non-hydrogen) atoms. The Bertz CT molecular complexity index is 3370. The van der Waals surface area contributed by atoms with Gasteiger partial charge < -0.3 is 39.4 Å². The van der Waals surface area contributed by atoms with Crippen molar-refractivity contribution in [2.45, 2.75) is 0 Å². The molecule has 0 aliphatic heterocycles. The van der Waals surface area contributed by atoms with Gasteiger partial charge in [0, 0.05) is 45.5 Å². The van der Waals surface area contributed by atoms with E-state index in [0.29, 0.717) is 23.3 Å². The van der Waals surface area contributed by atoms with E-state index in [-0.39, 0.29) is 138 Å². The van der Waals surface area contributed by atoms with E-state index in [1.54, 1.807) is 36.4 Å². The number of methoxy groups -OCH3 is 2. The molecule has 24 heteroatoms. The molecule has 0 aromatic heterocycles. The number of hydrogen-bond donors (Lipinski definition) is 6. The molecule has 0 spiro atoms. The Morgan fingerprint density at radius 1 is 0.514 bits per heavy atom. The number of hydrogen-bond acceptors (Lipinski definition) is 18. The summed E-state index contributed by atoms with van der Waals surface area (Å²) in [6.45, 7) is 0.